The smallest absolute Gasteiger partial charge is 0.233 e. The van der Waals surface area contributed by atoms with Gasteiger partial charge in [-0.3, -0.25) is 4.79 Å². The molecule has 1 aromatic carbocycles. The molecule has 0 bridgehead atoms. The van der Waals surface area contributed by atoms with Gasteiger partial charge in [-0.05, 0) is 25.0 Å². The zero-order valence-corrected chi connectivity index (χ0v) is 13.6. The van der Waals surface area contributed by atoms with Crippen molar-refractivity contribution < 1.29 is 9.53 Å². The van der Waals surface area contributed by atoms with Gasteiger partial charge in [0.15, 0.2) is 5.16 Å². The SMILES string of the molecule is CCC1CN(C(=O)CSc2nc3ccccc3[nH]2)CCCO1. The van der Waals surface area contributed by atoms with Crippen molar-refractivity contribution in [2.45, 2.75) is 31.0 Å². The fraction of sp³-hybridized carbons (Fsp3) is 0.500. The summed E-state index contributed by atoms with van der Waals surface area (Å²) < 4.78 is 5.72. The highest BCUT2D eigenvalue weighted by Crippen LogP contribution is 2.20. The van der Waals surface area contributed by atoms with Crippen LogP contribution in [-0.2, 0) is 9.53 Å². The van der Waals surface area contributed by atoms with Crippen LogP contribution in [0.3, 0.4) is 0 Å². The third-order valence-electron chi connectivity index (χ3n) is 3.86. The van der Waals surface area contributed by atoms with Crippen molar-refractivity contribution in [3.05, 3.63) is 24.3 Å². The van der Waals surface area contributed by atoms with E-state index >= 15 is 0 Å². The van der Waals surface area contributed by atoms with Gasteiger partial charge in [0, 0.05) is 19.7 Å². The standard InChI is InChI=1S/C16H21N3O2S/c1-2-12-10-19(8-5-9-21-12)15(20)11-22-16-17-13-6-3-4-7-14(13)18-16/h3-4,6-7,12H,2,5,8-11H2,1H3,(H,17,18). The molecule has 0 saturated carbocycles. The zero-order chi connectivity index (χ0) is 15.4. The summed E-state index contributed by atoms with van der Waals surface area (Å²) in [5, 5.41) is 0.799. The topological polar surface area (TPSA) is 58.2 Å². The summed E-state index contributed by atoms with van der Waals surface area (Å²) in [6.45, 7) is 4.34. The van der Waals surface area contributed by atoms with Gasteiger partial charge in [-0.2, -0.15) is 0 Å². The molecule has 3 rings (SSSR count). The molecular weight excluding hydrogens is 298 g/mol. The first-order chi connectivity index (χ1) is 10.8. The van der Waals surface area contributed by atoms with Gasteiger partial charge >= 0.3 is 0 Å². The van der Waals surface area contributed by atoms with Gasteiger partial charge in [0.2, 0.25) is 5.91 Å². The number of hydrogen-bond acceptors (Lipinski definition) is 4. The minimum absolute atomic E-state index is 0.161. The van der Waals surface area contributed by atoms with Crippen LogP contribution in [0.1, 0.15) is 19.8 Å². The van der Waals surface area contributed by atoms with Crippen molar-refractivity contribution in [3.63, 3.8) is 0 Å². The van der Waals surface area contributed by atoms with E-state index in [1.54, 1.807) is 0 Å². The van der Waals surface area contributed by atoms with E-state index in [1.807, 2.05) is 29.2 Å². The monoisotopic (exact) mass is 319 g/mol. The van der Waals surface area contributed by atoms with Crippen molar-refractivity contribution in [1.82, 2.24) is 14.9 Å². The van der Waals surface area contributed by atoms with Crippen molar-refractivity contribution in [2.75, 3.05) is 25.4 Å². The van der Waals surface area contributed by atoms with Crippen LogP contribution in [0.5, 0.6) is 0 Å². The van der Waals surface area contributed by atoms with Crippen LogP contribution in [-0.4, -0.2) is 52.3 Å². The number of imidazole rings is 1. The highest BCUT2D eigenvalue weighted by atomic mass is 32.2. The number of aromatic nitrogens is 2. The highest BCUT2D eigenvalue weighted by molar-refractivity contribution is 7.99. The lowest BCUT2D eigenvalue weighted by atomic mass is 10.2. The fourth-order valence-electron chi connectivity index (χ4n) is 2.59. The fourth-order valence-corrected chi connectivity index (χ4v) is 3.38. The Labute approximate surface area is 134 Å². The van der Waals surface area contributed by atoms with E-state index in [0.29, 0.717) is 12.3 Å². The number of ether oxygens (including phenoxy) is 1. The molecule has 22 heavy (non-hydrogen) atoms. The molecule has 0 spiro atoms. The number of aromatic amines is 1. The summed E-state index contributed by atoms with van der Waals surface area (Å²) in [6, 6.07) is 7.90. The first-order valence-electron chi connectivity index (χ1n) is 7.73. The Morgan fingerprint density at radius 1 is 1.50 bits per heavy atom. The van der Waals surface area contributed by atoms with Gasteiger partial charge in [-0.25, -0.2) is 4.98 Å². The summed E-state index contributed by atoms with van der Waals surface area (Å²) in [4.78, 5) is 22.1. The maximum absolute atomic E-state index is 12.4. The van der Waals surface area contributed by atoms with Crippen LogP contribution in [0.25, 0.3) is 11.0 Å². The van der Waals surface area contributed by atoms with Gasteiger partial charge in [-0.1, -0.05) is 30.8 Å². The highest BCUT2D eigenvalue weighted by Gasteiger charge is 2.21. The minimum Gasteiger partial charge on any atom is -0.376 e. The number of benzene rings is 1. The molecule has 1 aliphatic rings. The van der Waals surface area contributed by atoms with Gasteiger partial charge in [0.1, 0.15) is 0 Å². The van der Waals surface area contributed by atoms with Crippen LogP contribution in [0.4, 0.5) is 0 Å². The molecule has 5 nitrogen and oxygen atoms in total. The molecule has 1 fully saturated rings. The predicted octanol–water partition coefficient (Wildman–Crippen LogP) is 2.68. The number of nitrogens with zero attached hydrogens (tertiary/aromatic N) is 2. The molecule has 1 aliphatic heterocycles. The van der Waals surface area contributed by atoms with Gasteiger partial charge in [0.05, 0.1) is 22.9 Å². The molecule has 0 radical (unpaired) electrons. The molecule has 1 atom stereocenters. The van der Waals surface area contributed by atoms with E-state index in [4.69, 9.17) is 4.74 Å². The quantitative estimate of drug-likeness (QED) is 0.880. The first kappa shape index (κ1) is 15.4. The number of para-hydroxylation sites is 2. The Kier molecular flexibility index (Phi) is 5.00. The molecule has 1 saturated heterocycles. The Morgan fingerprint density at radius 3 is 3.18 bits per heavy atom. The minimum atomic E-state index is 0.161. The van der Waals surface area contributed by atoms with Crippen LogP contribution >= 0.6 is 11.8 Å². The number of carbonyl (C=O) groups excluding carboxylic acids is 1. The molecule has 2 aromatic rings. The molecule has 1 amide bonds. The summed E-state index contributed by atoms with van der Waals surface area (Å²) >= 11 is 1.46. The number of rotatable bonds is 4. The summed E-state index contributed by atoms with van der Waals surface area (Å²) in [6.07, 6.45) is 2.03. The number of nitrogens with one attached hydrogen (secondary N) is 1. The lowest BCUT2D eigenvalue weighted by molar-refractivity contribution is -0.129. The molecule has 118 valence electrons. The first-order valence-corrected chi connectivity index (χ1v) is 8.71. The van der Waals surface area contributed by atoms with Crippen LogP contribution in [0.15, 0.2) is 29.4 Å². The van der Waals surface area contributed by atoms with E-state index in [2.05, 4.69) is 16.9 Å². The lowest BCUT2D eigenvalue weighted by Gasteiger charge is -2.23. The van der Waals surface area contributed by atoms with E-state index in [9.17, 15) is 4.79 Å². The second kappa shape index (κ2) is 7.15. The summed E-state index contributed by atoms with van der Waals surface area (Å²) in [5.74, 6) is 0.574. The number of H-pyrrole nitrogens is 1. The van der Waals surface area contributed by atoms with Crippen molar-refractivity contribution in [2.24, 2.45) is 0 Å². The second-order valence-electron chi connectivity index (χ2n) is 5.44. The number of carbonyl (C=O) groups is 1. The lowest BCUT2D eigenvalue weighted by Crippen LogP contribution is -2.37. The van der Waals surface area contributed by atoms with Gasteiger partial charge in [0.25, 0.3) is 0 Å². The number of hydrogen-bond donors (Lipinski definition) is 1. The van der Waals surface area contributed by atoms with E-state index in [0.717, 1.165) is 42.2 Å². The van der Waals surface area contributed by atoms with Crippen molar-refractivity contribution >= 4 is 28.7 Å². The Hall–Kier alpha value is -1.53. The van der Waals surface area contributed by atoms with Crippen molar-refractivity contribution in [1.29, 1.82) is 0 Å². The maximum atomic E-state index is 12.4. The molecule has 1 unspecified atom stereocenters. The van der Waals surface area contributed by atoms with Crippen LogP contribution < -0.4 is 0 Å². The molecule has 6 heteroatoms. The molecule has 1 N–H and O–H groups in total. The third-order valence-corrected chi connectivity index (χ3v) is 4.72. The largest absolute Gasteiger partial charge is 0.376 e. The van der Waals surface area contributed by atoms with E-state index in [1.165, 1.54) is 11.8 Å². The second-order valence-corrected chi connectivity index (χ2v) is 6.41. The summed E-state index contributed by atoms with van der Waals surface area (Å²) in [5.41, 5.74) is 1.94. The maximum Gasteiger partial charge on any atom is 0.233 e. The summed E-state index contributed by atoms with van der Waals surface area (Å²) in [7, 11) is 0. The normalized spacial score (nSPS) is 19.3. The van der Waals surface area contributed by atoms with Crippen LogP contribution in [0, 0.1) is 0 Å². The van der Waals surface area contributed by atoms with Gasteiger partial charge in [-0.15, -0.1) is 0 Å². The van der Waals surface area contributed by atoms with Crippen molar-refractivity contribution in [3.8, 4) is 0 Å². The molecular formula is C16H21N3O2S. The molecule has 1 aromatic heterocycles. The average Bonchev–Trinajstić information content (AvgIpc) is 2.80. The Balaban J connectivity index is 1.59. The number of fused-ring (bicyclic) bond motifs is 1. The number of amides is 1. The third kappa shape index (κ3) is 3.62. The average molecular weight is 319 g/mol. The Morgan fingerprint density at radius 2 is 2.36 bits per heavy atom. The Bertz CT molecular complexity index is 610. The predicted molar refractivity (Wildman–Crippen MR) is 88.0 cm³/mol. The number of thioether (sulfide) groups is 1. The van der Waals surface area contributed by atoms with Gasteiger partial charge < -0.3 is 14.6 Å². The van der Waals surface area contributed by atoms with E-state index < -0.39 is 0 Å². The molecule has 2 heterocycles. The molecule has 0 aliphatic carbocycles. The zero-order valence-electron chi connectivity index (χ0n) is 12.7. The van der Waals surface area contributed by atoms with Crippen LogP contribution in [0.2, 0.25) is 0 Å². The van der Waals surface area contributed by atoms with E-state index in [-0.39, 0.29) is 12.0 Å².